The van der Waals surface area contributed by atoms with Gasteiger partial charge >= 0.3 is 6.09 Å². The first-order valence-electron chi connectivity index (χ1n) is 10.8. The van der Waals surface area contributed by atoms with Crippen molar-refractivity contribution >= 4 is 47.6 Å². The van der Waals surface area contributed by atoms with Crippen LogP contribution in [-0.2, 0) is 20.8 Å². The molecular formula is C22H36IN5O4. The fourth-order valence-electron chi connectivity index (χ4n) is 2.93. The van der Waals surface area contributed by atoms with Crippen molar-refractivity contribution in [1.82, 2.24) is 16.0 Å². The first-order chi connectivity index (χ1) is 14.8. The van der Waals surface area contributed by atoms with Crippen molar-refractivity contribution in [3.05, 3.63) is 29.8 Å². The van der Waals surface area contributed by atoms with Crippen molar-refractivity contribution < 1.29 is 19.1 Å². The van der Waals surface area contributed by atoms with Crippen LogP contribution in [0.25, 0.3) is 0 Å². The first-order valence-corrected chi connectivity index (χ1v) is 10.8. The van der Waals surface area contributed by atoms with E-state index in [1.54, 1.807) is 0 Å². The number of ether oxygens (including phenoxy) is 2. The molecule has 10 heteroatoms. The van der Waals surface area contributed by atoms with Crippen molar-refractivity contribution in [2.75, 3.05) is 31.6 Å². The van der Waals surface area contributed by atoms with E-state index >= 15 is 0 Å². The van der Waals surface area contributed by atoms with Crippen LogP contribution >= 0.6 is 24.0 Å². The minimum Gasteiger partial charge on any atom is -0.444 e. The number of guanidine groups is 1. The topological polar surface area (TPSA) is 113 Å². The molecule has 0 aromatic heterocycles. The molecule has 2 rings (SSSR count). The number of halogens is 1. The highest BCUT2D eigenvalue weighted by molar-refractivity contribution is 14.0. The predicted octanol–water partition coefficient (Wildman–Crippen LogP) is 3.00. The van der Waals surface area contributed by atoms with E-state index in [1.165, 1.54) is 0 Å². The molecule has 1 fully saturated rings. The third kappa shape index (κ3) is 11.0. The third-order valence-electron chi connectivity index (χ3n) is 4.27. The molecule has 1 aromatic carbocycles. The van der Waals surface area contributed by atoms with Gasteiger partial charge in [-0.2, -0.15) is 0 Å². The van der Waals surface area contributed by atoms with Gasteiger partial charge < -0.3 is 30.7 Å². The highest BCUT2D eigenvalue weighted by Gasteiger charge is 2.23. The SMILES string of the molecule is CCNC(=NCc1cccc(NC(=O)C2CCCO2)c1)NCCNC(=O)OC(C)(C)C.I. The van der Waals surface area contributed by atoms with Crippen molar-refractivity contribution in [2.45, 2.75) is 58.8 Å². The van der Waals surface area contributed by atoms with Gasteiger partial charge in [-0.1, -0.05) is 12.1 Å². The Kier molecular flexibility index (Phi) is 12.4. The molecule has 1 aliphatic heterocycles. The van der Waals surface area contributed by atoms with E-state index in [9.17, 15) is 9.59 Å². The second kappa shape index (κ2) is 14.1. The summed E-state index contributed by atoms with van der Waals surface area (Å²) < 4.78 is 10.6. The van der Waals surface area contributed by atoms with Gasteiger partial charge in [0.1, 0.15) is 11.7 Å². The summed E-state index contributed by atoms with van der Waals surface area (Å²) in [6.07, 6.45) is 0.870. The van der Waals surface area contributed by atoms with E-state index in [-0.39, 0.29) is 36.0 Å². The molecule has 2 amide bonds. The lowest BCUT2D eigenvalue weighted by Crippen LogP contribution is -2.42. The summed E-state index contributed by atoms with van der Waals surface area (Å²) in [7, 11) is 0. The number of aliphatic imine (C=N–C) groups is 1. The Morgan fingerprint density at radius 1 is 1.19 bits per heavy atom. The molecule has 0 bridgehead atoms. The second-order valence-corrected chi connectivity index (χ2v) is 8.24. The number of hydrogen-bond acceptors (Lipinski definition) is 5. The summed E-state index contributed by atoms with van der Waals surface area (Å²) in [6, 6.07) is 7.61. The summed E-state index contributed by atoms with van der Waals surface area (Å²) in [6.45, 7) is 10.2. The maximum absolute atomic E-state index is 12.2. The largest absolute Gasteiger partial charge is 0.444 e. The number of carbonyl (C=O) groups is 2. The summed E-state index contributed by atoms with van der Waals surface area (Å²) in [4.78, 5) is 28.5. The number of nitrogens with zero attached hydrogens (tertiary/aromatic N) is 1. The number of amides is 2. The fraction of sp³-hybridized carbons (Fsp3) is 0.591. The molecule has 180 valence electrons. The van der Waals surface area contributed by atoms with E-state index in [0.717, 1.165) is 24.1 Å². The summed E-state index contributed by atoms with van der Waals surface area (Å²) in [5, 5.41) is 12.0. The van der Waals surface area contributed by atoms with Crippen LogP contribution in [0.2, 0.25) is 0 Å². The standard InChI is InChI=1S/C22H35N5O4.HI/c1-5-23-20(24-11-12-25-21(29)31-22(2,3)4)26-15-16-8-6-9-17(14-16)27-19(28)18-10-7-13-30-18;/h6,8-9,14,18H,5,7,10-13,15H2,1-4H3,(H,25,29)(H,27,28)(H2,23,24,26);1H. The molecule has 9 nitrogen and oxygen atoms in total. The van der Waals surface area contributed by atoms with E-state index in [0.29, 0.717) is 38.7 Å². The highest BCUT2D eigenvalue weighted by Crippen LogP contribution is 2.16. The van der Waals surface area contributed by atoms with Crippen molar-refractivity contribution in [1.29, 1.82) is 0 Å². The van der Waals surface area contributed by atoms with Crippen LogP contribution in [0.5, 0.6) is 0 Å². The Labute approximate surface area is 207 Å². The Morgan fingerprint density at radius 3 is 2.59 bits per heavy atom. The van der Waals surface area contributed by atoms with Gasteiger partial charge in [0.2, 0.25) is 0 Å². The van der Waals surface area contributed by atoms with Gasteiger partial charge in [-0.25, -0.2) is 9.79 Å². The van der Waals surface area contributed by atoms with Crippen LogP contribution in [-0.4, -0.2) is 55.9 Å². The molecule has 0 spiro atoms. The normalized spacial score (nSPS) is 16.0. The number of carbonyl (C=O) groups excluding carboxylic acids is 2. The molecular weight excluding hydrogens is 525 g/mol. The van der Waals surface area contributed by atoms with Crippen molar-refractivity contribution in [3.8, 4) is 0 Å². The van der Waals surface area contributed by atoms with Gasteiger partial charge in [0.05, 0.1) is 6.54 Å². The van der Waals surface area contributed by atoms with Gasteiger partial charge in [-0.05, 0) is 58.2 Å². The lowest BCUT2D eigenvalue weighted by molar-refractivity contribution is -0.124. The zero-order valence-electron chi connectivity index (χ0n) is 19.3. The Hall–Kier alpha value is -2.08. The van der Waals surface area contributed by atoms with Gasteiger partial charge in [0.25, 0.3) is 5.91 Å². The molecule has 1 aromatic rings. The number of nitrogens with one attached hydrogen (secondary N) is 4. The monoisotopic (exact) mass is 561 g/mol. The Bertz CT molecular complexity index is 761. The highest BCUT2D eigenvalue weighted by atomic mass is 127. The molecule has 1 saturated heterocycles. The average Bonchev–Trinajstić information content (AvgIpc) is 3.23. The van der Waals surface area contributed by atoms with Gasteiger partial charge in [-0.15, -0.1) is 24.0 Å². The predicted molar refractivity (Wildman–Crippen MR) is 137 cm³/mol. The summed E-state index contributed by atoms with van der Waals surface area (Å²) in [5.74, 6) is 0.535. The number of alkyl carbamates (subject to hydrolysis) is 1. The summed E-state index contributed by atoms with van der Waals surface area (Å²) in [5.41, 5.74) is 1.17. The van der Waals surface area contributed by atoms with Crippen LogP contribution in [0.4, 0.5) is 10.5 Å². The number of benzene rings is 1. The molecule has 4 N–H and O–H groups in total. The molecule has 1 atom stereocenters. The van der Waals surface area contributed by atoms with Crippen molar-refractivity contribution in [2.24, 2.45) is 4.99 Å². The van der Waals surface area contributed by atoms with E-state index in [1.807, 2.05) is 52.0 Å². The average molecular weight is 561 g/mol. The van der Waals surface area contributed by atoms with Gasteiger partial charge in [0, 0.05) is 31.9 Å². The molecule has 0 saturated carbocycles. The van der Waals surface area contributed by atoms with Crippen LogP contribution in [0.15, 0.2) is 29.3 Å². The molecule has 0 aliphatic carbocycles. The maximum atomic E-state index is 12.2. The Balaban J connectivity index is 0.00000512. The molecule has 32 heavy (non-hydrogen) atoms. The molecule has 1 unspecified atom stereocenters. The quantitative estimate of drug-likeness (QED) is 0.168. The number of rotatable bonds is 8. The third-order valence-corrected chi connectivity index (χ3v) is 4.27. The van der Waals surface area contributed by atoms with Crippen LogP contribution in [0, 0.1) is 0 Å². The van der Waals surface area contributed by atoms with E-state index in [2.05, 4.69) is 26.3 Å². The van der Waals surface area contributed by atoms with Crippen LogP contribution in [0.1, 0.15) is 46.1 Å². The number of hydrogen-bond donors (Lipinski definition) is 4. The lowest BCUT2D eigenvalue weighted by Gasteiger charge is -2.19. The van der Waals surface area contributed by atoms with E-state index < -0.39 is 11.7 Å². The van der Waals surface area contributed by atoms with Crippen molar-refractivity contribution in [3.63, 3.8) is 0 Å². The Morgan fingerprint density at radius 2 is 1.94 bits per heavy atom. The van der Waals surface area contributed by atoms with Crippen LogP contribution in [0.3, 0.4) is 0 Å². The van der Waals surface area contributed by atoms with Gasteiger partial charge in [-0.3, -0.25) is 4.79 Å². The second-order valence-electron chi connectivity index (χ2n) is 8.24. The lowest BCUT2D eigenvalue weighted by atomic mass is 10.2. The van der Waals surface area contributed by atoms with E-state index in [4.69, 9.17) is 9.47 Å². The fourth-order valence-corrected chi connectivity index (χ4v) is 2.93. The molecule has 1 heterocycles. The summed E-state index contributed by atoms with van der Waals surface area (Å²) >= 11 is 0. The molecule has 0 radical (unpaired) electrons. The zero-order chi connectivity index (χ0) is 22.7. The maximum Gasteiger partial charge on any atom is 0.407 e. The zero-order valence-corrected chi connectivity index (χ0v) is 21.7. The minimum atomic E-state index is -0.522. The minimum absolute atomic E-state index is 0. The number of anilines is 1. The van der Waals surface area contributed by atoms with Crippen LogP contribution < -0.4 is 21.3 Å². The van der Waals surface area contributed by atoms with Gasteiger partial charge in [0.15, 0.2) is 5.96 Å². The molecule has 1 aliphatic rings. The smallest absolute Gasteiger partial charge is 0.407 e. The first kappa shape index (κ1) is 28.0.